The number of rotatable bonds is 2. The standard InChI is InChI=1S/C9H10N/c1-2-6-10-9(3-1)7-8-4-5-8/h1-3,6-8H,4-5H2. The Morgan fingerprint density at radius 3 is 2.90 bits per heavy atom. The molecule has 1 radical (unpaired) electrons. The molecule has 1 nitrogen and oxygen atoms in total. The van der Waals surface area contributed by atoms with Gasteiger partial charge in [0.05, 0.1) is 0 Å². The van der Waals surface area contributed by atoms with Crippen LogP contribution in [0, 0.1) is 12.3 Å². The summed E-state index contributed by atoms with van der Waals surface area (Å²) in [5, 5.41) is 0. The molecule has 0 bridgehead atoms. The molecule has 10 heavy (non-hydrogen) atoms. The van der Waals surface area contributed by atoms with Crippen molar-refractivity contribution < 1.29 is 0 Å². The summed E-state index contributed by atoms with van der Waals surface area (Å²) in [6.45, 7) is 0. The van der Waals surface area contributed by atoms with E-state index in [0.29, 0.717) is 0 Å². The molecule has 0 saturated heterocycles. The topological polar surface area (TPSA) is 12.9 Å². The summed E-state index contributed by atoms with van der Waals surface area (Å²) in [5.41, 5.74) is 1.13. The van der Waals surface area contributed by atoms with Crippen molar-refractivity contribution in [2.75, 3.05) is 0 Å². The van der Waals surface area contributed by atoms with Crippen LogP contribution in [0.4, 0.5) is 0 Å². The monoisotopic (exact) mass is 132 g/mol. The van der Waals surface area contributed by atoms with Crippen LogP contribution in [0.1, 0.15) is 18.5 Å². The highest BCUT2D eigenvalue weighted by atomic mass is 14.7. The average Bonchev–Trinajstić information content (AvgIpc) is 2.74. The molecule has 0 aliphatic heterocycles. The van der Waals surface area contributed by atoms with E-state index < -0.39 is 0 Å². The molecule has 1 saturated carbocycles. The van der Waals surface area contributed by atoms with Crippen LogP contribution in [0.3, 0.4) is 0 Å². The molecule has 1 heterocycles. The van der Waals surface area contributed by atoms with Gasteiger partial charge in [0.1, 0.15) is 0 Å². The van der Waals surface area contributed by atoms with E-state index in [1.807, 2.05) is 18.3 Å². The highest BCUT2D eigenvalue weighted by Gasteiger charge is 2.21. The summed E-state index contributed by atoms with van der Waals surface area (Å²) in [6.07, 6.45) is 6.81. The maximum absolute atomic E-state index is 4.20. The SMILES string of the molecule is [CH](c1ccccn1)C1CC1. The van der Waals surface area contributed by atoms with E-state index in [0.717, 1.165) is 11.6 Å². The minimum atomic E-state index is 0.829. The normalized spacial score (nSPS) is 17.2. The van der Waals surface area contributed by atoms with Crippen molar-refractivity contribution in [2.24, 2.45) is 5.92 Å². The van der Waals surface area contributed by atoms with E-state index in [4.69, 9.17) is 0 Å². The maximum atomic E-state index is 4.20. The van der Waals surface area contributed by atoms with Gasteiger partial charge in [0.25, 0.3) is 0 Å². The highest BCUT2D eigenvalue weighted by Crippen LogP contribution is 2.33. The van der Waals surface area contributed by atoms with Crippen LogP contribution < -0.4 is 0 Å². The van der Waals surface area contributed by atoms with E-state index in [9.17, 15) is 0 Å². The summed E-state index contributed by atoms with van der Waals surface area (Å²) in [7, 11) is 0. The van der Waals surface area contributed by atoms with Crippen LogP contribution in [0.5, 0.6) is 0 Å². The Labute approximate surface area is 61.1 Å². The predicted octanol–water partition coefficient (Wildman–Crippen LogP) is 2.04. The van der Waals surface area contributed by atoms with Crippen molar-refractivity contribution in [1.82, 2.24) is 4.98 Å². The Balaban J connectivity index is 2.03. The van der Waals surface area contributed by atoms with Crippen molar-refractivity contribution >= 4 is 0 Å². The minimum Gasteiger partial charge on any atom is -0.261 e. The van der Waals surface area contributed by atoms with E-state index in [2.05, 4.69) is 17.5 Å². The molecule has 1 aliphatic carbocycles. The summed E-state index contributed by atoms with van der Waals surface area (Å²) in [5.74, 6) is 0.829. The molecule has 1 heteroatoms. The molecule has 2 rings (SSSR count). The van der Waals surface area contributed by atoms with Crippen LogP contribution in [0.15, 0.2) is 24.4 Å². The van der Waals surface area contributed by atoms with Crippen molar-refractivity contribution in [1.29, 1.82) is 0 Å². The van der Waals surface area contributed by atoms with Crippen LogP contribution in [0.2, 0.25) is 0 Å². The number of hydrogen-bond donors (Lipinski definition) is 0. The van der Waals surface area contributed by atoms with Gasteiger partial charge in [-0.15, -0.1) is 0 Å². The molecule has 0 unspecified atom stereocenters. The van der Waals surface area contributed by atoms with Crippen molar-refractivity contribution in [2.45, 2.75) is 12.8 Å². The molecule has 1 aromatic heterocycles. The van der Waals surface area contributed by atoms with E-state index in [1.54, 1.807) is 0 Å². The van der Waals surface area contributed by atoms with Crippen LogP contribution in [-0.4, -0.2) is 4.98 Å². The zero-order chi connectivity index (χ0) is 6.81. The lowest BCUT2D eigenvalue weighted by molar-refractivity contribution is 0.990. The second-order valence-corrected chi connectivity index (χ2v) is 2.76. The molecule has 51 valence electrons. The molecule has 0 atom stereocenters. The first kappa shape index (κ1) is 5.90. The average molecular weight is 132 g/mol. The first-order chi connectivity index (χ1) is 4.95. The number of pyridine rings is 1. The van der Waals surface area contributed by atoms with Gasteiger partial charge in [-0.1, -0.05) is 6.07 Å². The van der Waals surface area contributed by atoms with Gasteiger partial charge in [-0.25, -0.2) is 0 Å². The fourth-order valence-electron chi connectivity index (χ4n) is 0.979. The van der Waals surface area contributed by atoms with E-state index in [-0.39, 0.29) is 0 Å². The third-order valence-electron chi connectivity index (χ3n) is 1.72. The Morgan fingerprint density at radius 2 is 2.30 bits per heavy atom. The van der Waals surface area contributed by atoms with E-state index in [1.165, 1.54) is 12.8 Å². The lowest BCUT2D eigenvalue weighted by Gasteiger charge is -1.93. The smallest absolute Gasteiger partial charge is 0.0444 e. The van der Waals surface area contributed by atoms with Gasteiger partial charge in [-0.05, 0) is 30.9 Å². The summed E-state index contributed by atoms with van der Waals surface area (Å²) in [6, 6.07) is 6.03. The van der Waals surface area contributed by atoms with Gasteiger partial charge in [-0.2, -0.15) is 0 Å². The van der Waals surface area contributed by atoms with Gasteiger partial charge in [0.2, 0.25) is 0 Å². The molecule has 0 aromatic carbocycles. The molecule has 0 amide bonds. The minimum absolute atomic E-state index is 0.829. The van der Waals surface area contributed by atoms with Crippen molar-refractivity contribution in [3.8, 4) is 0 Å². The zero-order valence-electron chi connectivity index (χ0n) is 5.83. The molecular formula is C9H10N. The summed E-state index contributed by atoms with van der Waals surface area (Å²) < 4.78 is 0. The third-order valence-corrected chi connectivity index (χ3v) is 1.72. The summed E-state index contributed by atoms with van der Waals surface area (Å²) in [4.78, 5) is 4.20. The maximum Gasteiger partial charge on any atom is 0.0444 e. The Morgan fingerprint density at radius 1 is 1.40 bits per heavy atom. The van der Waals surface area contributed by atoms with Gasteiger partial charge in [0.15, 0.2) is 0 Å². The Bertz CT molecular complexity index is 201. The van der Waals surface area contributed by atoms with Crippen LogP contribution in [0.25, 0.3) is 0 Å². The summed E-state index contributed by atoms with van der Waals surface area (Å²) >= 11 is 0. The Hall–Kier alpha value is -0.850. The van der Waals surface area contributed by atoms with Crippen molar-refractivity contribution in [3.63, 3.8) is 0 Å². The predicted molar refractivity (Wildman–Crippen MR) is 40.4 cm³/mol. The highest BCUT2D eigenvalue weighted by molar-refractivity contribution is 5.16. The first-order valence-electron chi connectivity index (χ1n) is 3.71. The largest absolute Gasteiger partial charge is 0.261 e. The number of hydrogen-bond acceptors (Lipinski definition) is 1. The molecule has 1 fully saturated rings. The molecule has 0 spiro atoms. The molecule has 1 aromatic rings. The Kier molecular flexibility index (Phi) is 1.42. The first-order valence-corrected chi connectivity index (χ1v) is 3.71. The molecule has 0 N–H and O–H groups in total. The second kappa shape index (κ2) is 2.41. The van der Waals surface area contributed by atoms with Crippen LogP contribution in [-0.2, 0) is 0 Å². The fraction of sp³-hybridized carbons (Fsp3) is 0.333. The fourth-order valence-corrected chi connectivity index (χ4v) is 0.979. The number of aromatic nitrogens is 1. The molecular weight excluding hydrogens is 122 g/mol. The third kappa shape index (κ3) is 1.35. The quantitative estimate of drug-likeness (QED) is 0.600. The van der Waals surface area contributed by atoms with Gasteiger partial charge >= 0.3 is 0 Å². The van der Waals surface area contributed by atoms with E-state index >= 15 is 0 Å². The lowest BCUT2D eigenvalue weighted by atomic mass is 10.2. The molecule has 1 aliphatic rings. The van der Waals surface area contributed by atoms with Gasteiger partial charge in [0, 0.05) is 18.3 Å². The van der Waals surface area contributed by atoms with Gasteiger partial charge in [-0.3, -0.25) is 4.98 Å². The lowest BCUT2D eigenvalue weighted by Crippen LogP contribution is -1.85. The van der Waals surface area contributed by atoms with Crippen molar-refractivity contribution in [3.05, 3.63) is 36.5 Å². The number of nitrogens with zero attached hydrogens (tertiary/aromatic N) is 1. The zero-order valence-corrected chi connectivity index (χ0v) is 5.83. The second-order valence-electron chi connectivity index (χ2n) is 2.76. The van der Waals surface area contributed by atoms with Crippen LogP contribution >= 0.6 is 0 Å². The van der Waals surface area contributed by atoms with Gasteiger partial charge < -0.3 is 0 Å².